The molecule has 0 unspecified atom stereocenters. The third-order valence-corrected chi connectivity index (χ3v) is 4.56. The smallest absolute Gasteiger partial charge is 0.0941 e. The first-order valence-corrected chi connectivity index (χ1v) is 7.92. The molecule has 0 amide bonds. The van der Waals surface area contributed by atoms with Crippen molar-refractivity contribution < 1.29 is 0 Å². The molecule has 0 aromatic carbocycles. The van der Waals surface area contributed by atoms with Crippen LogP contribution in [0.2, 0.25) is 0 Å². The predicted molar refractivity (Wildman–Crippen MR) is 82.3 cm³/mol. The Morgan fingerprint density at radius 1 is 1.42 bits per heavy atom. The Labute approximate surface area is 120 Å². The third kappa shape index (κ3) is 4.13. The highest BCUT2D eigenvalue weighted by Gasteiger charge is 2.21. The lowest BCUT2D eigenvalue weighted by Crippen LogP contribution is -2.31. The number of nitrogens with two attached hydrogens (primary N) is 1. The van der Waals surface area contributed by atoms with E-state index in [0.717, 1.165) is 26.1 Å². The maximum Gasteiger partial charge on any atom is 0.0941 e. The zero-order valence-corrected chi connectivity index (χ0v) is 13.1. The van der Waals surface area contributed by atoms with Gasteiger partial charge in [0.2, 0.25) is 0 Å². The second-order valence-corrected chi connectivity index (χ2v) is 7.18. The van der Waals surface area contributed by atoms with Gasteiger partial charge in [-0.1, -0.05) is 32.4 Å². The van der Waals surface area contributed by atoms with Gasteiger partial charge >= 0.3 is 0 Å². The lowest BCUT2D eigenvalue weighted by atomic mass is 9.83. The van der Waals surface area contributed by atoms with Gasteiger partial charge < -0.3 is 5.73 Å². The summed E-state index contributed by atoms with van der Waals surface area (Å²) in [7, 11) is 0. The van der Waals surface area contributed by atoms with E-state index in [0.29, 0.717) is 12.0 Å². The van der Waals surface area contributed by atoms with Crippen molar-refractivity contribution >= 4 is 11.3 Å². The number of aromatic nitrogens is 1. The molecule has 1 aromatic rings. The molecule has 3 nitrogen and oxygen atoms in total. The van der Waals surface area contributed by atoms with Gasteiger partial charge in [-0.2, -0.15) is 0 Å². The van der Waals surface area contributed by atoms with Gasteiger partial charge in [0.25, 0.3) is 0 Å². The van der Waals surface area contributed by atoms with Crippen LogP contribution in [-0.2, 0) is 13.0 Å². The van der Waals surface area contributed by atoms with E-state index in [4.69, 9.17) is 5.73 Å². The van der Waals surface area contributed by atoms with Gasteiger partial charge in [-0.15, -0.1) is 11.3 Å². The molecule has 0 spiro atoms. The van der Waals surface area contributed by atoms with Crippen molar-refractivity contribution in [3.63, 3.8) is 0 Å². The minimum Gasteiger partial charge on any atom is -0.330 e. The number of hydrogen-bond donors (Lipinski definition) is 1. The van der Waals surface area contributed by atoms with Crippen molar-refractivity contribution in [3.05, 3.63) is 27.7 Å². The first-order valence-electron chi connectivity index (χ1n) is 7.04. The molecule has 2 heterocycles. The molecule has 0 radical (unpaired) electrons. The van der Waals surface area contributed by atoms with Crippen molar-refractivity contribution in [2.24, 2.45) is 11.1 Å². The van der Waals surface area contributed by atoms with Crippen molar-refractivity contribution in [3.8, 4) is 0 Å². The molecule has 0 saturated heterocycles. The maximum atomic E-state index is 5.56. The molecule has 1 aromatic heterocycles. The predicted octanol–water partition coefficient (Wildman–Crippen LogP) is 2.82. The van der Waals surface area contributed by atoms with Crippen molar-refractivity contribution in [2.45, 2.75) is 40.2 Å². The van der Waals surface area contributed by atoms with Crippen molar-refractivity contribution in [1.29, 1.82) is 0 Å². The van der Waals surface area contributed by atoms with Gasteiger partial charge in [0.05, 0.1) is 10.7 Å². The Morgan fingerprint density at radius 2 is 2.21 bits per heavy atom. The van der Waals surface area contributed by atoms with Crippen LogP contribution in [0.1, 0.15) is 37.9 Å². The number of thiazole rings is 1. The summed E-state index contributed by atoms with van der Waals surface area (Å²) in [6, 6.07) is 0. The zero-order chi connectivity index (χ0) is 13.9. The molecular formula is C15H25N3S. The van der Waals surface area contributed by atoms with Crippen molar-refractivity contribution in [2.75, 3.05) is 19.6 Å². The summed E-state index contributed by atoms with van der Waals surface area (Å²) < 4.78 is 0. The Bertz CT molecular complexity index is 442. The molecule has 2 rings (SSSR count). The summed E-state index contributed by atoms with van der Waals surface area (Å²) in [5.74, 6) is 0. The SMILES string of the molecule is CC(C)(C)C1=CCN(Cc2csc(CCN)n2)CC1. The van der Waals surface area contributed by atoms with E-state index in [2.05, 4.69) is 42.1 Å². The number of rotatable bonds is 4. The summed E-state index contributed by atoms with van der Waals surface area (Å²) in [6.45, 7) is 10.8. The minimum absolute atomic E-state index is 0.320. The fourth-order valence-electron chi connectivity index (χ4n) is 2.42. The quantitative estimate of drug-likeness (QED) is 0.862. The highest BCUT2D eigenvalue weighted by atomic mass is 32.1. The van der Waals surface area contributed by atoms with E-state index in [1.54, 1.807) is 16.9 Å². The summed E-state index contributed by atoms with van der Waals surface area (Å²) in [6.07, 6.45) is 4.48. The highest BCUT2D eigenvalue weighted by Crippen LogP contribution is 2.30. The molecule has 2 N–H and O–H groups in total. The number of hydrogen-bond acceptors (Lipinski definition) is 4. The minimum atomic E-state index is 0.320. The van der Waals surface area contributed by atoms with Gasteiger partial charge in [0, 0.05) is 31.4 Å². The Hall–Kier alpha value is -0.710. The lowest BCUT2D eigenvalue weighted by molar-refractivity contribution is 0.269. The third-order valence-electron chi connectivity index (χ3n) is 3.60. The molecule has 4 heteroatoms. The summed E-state index contributed by atoms with van der Waals surface area (Å²) in [5.41, 5.74) is 8.66. The van der Waals surface area contributed by atoms with Crippen LogP contribution in [-0.4, -0.2) is 29.5 Å². The first kappa shape index (κ1) is 14.7. The van der Waals surface area contributed by atoms with Gasteiger partial charge in [-0.25, -0.2) is 4.98 Å². The van der Waals surface area contributed by atoms with E-state index in [1.165, 1.54) is 17.1 Å². The van der Waals surface area contributed by atoms with Crippen LogP contribution in [0, 0.1) is 5.41 Å². The standard InChI is InChI=1S/C15H25N3S/c1-15(2,3)12-5-8-18(9-6-12)10-13-11-19-14(17-13)4-7-16/h5,11H,4,6-10,16H2,1-3H3. The topological polar surface area (TPSA) is 42.1 Å². The Balaban J connectivity index is 1.90. The molecule has 1 aliphatic heterocycles. The summed E-state index contributed by atoms with van der Waals surface area (Å²) in [4.78, 5) is 7.11. The van der Waals surface area contributed by atoms with E-state index in [9.17, 15) is 0 Å². The first-order chi connectivity index (χ1) is 8.99. The normalized spacial score (nSPS) is 17.6. The average Bonchev–Trinajstić information content (AvgIpc) is 2.77. The van der Waals surface area contributed by atoms with E-state index >= 15 is 0 Å². The zero-order valence-electron chi connectivity index (χ0n) is 12.3. The van der Waals surface area contributed by atoms with Crippen LogP contribution in [0.3, 0.4) is 0 Å². The van der Waals surface area contributed by atoms with Gasteiger partial charge in [-0.3, -0.25) is 4.90 Å². The van der Waals surface area contributed by atoms with Crippen LogP contribution in [0.4, 0.5) is 0 Å². The van der Waals surface area contributed by atoms with E-state index in [1.807, 2.05) is 0 Å². The molecule has 0 aliphatic carbocycles. The molecule has 19 heavy (non-hydrogen) atoms. The Kier molecular flexibility index (Phi) is 4.76. The van der Waals surface area contributed by atoms with Crippen LogP contribution in [0.5, 0.6) is 0 Å². The molecule has 0 atom stereocenters. The van der Waals surface area contributed by atoms with E-state index < -0.39 is 0 Å². The largest absolute Gasteiger partial charge is 0.330 e. The fourth-order valence-corrected chi connectivity index (χ4v) is 3.23. The van der Waals surface area contributed by atoms with Crippen LogP contribution < -0.4 is 5.73 Å². The van der Waals surface area contributed by atoms with E-state index in [-0.39, 0.29) is 0 Å². The van der Waals surface area contributed by atoms with Gasteiger partial charge in [0.15, 0.2) is 0 Å². The average molecular weight is 279 g/mol. The molecule has 0 bridgehead atoms. The molecule has 0 fully saturated rings. The summed E-state index contributed by atoms with van der Waals surface area (Å²) >= 11 is 1.73. The monoisotopic (exact) mass is 279 g/mol. The molecular weight excluding hydrogens is 254 g/mol. The second kappa shape index (κ2) is 6.16. The van der Waals surface area contributed by atoms with Gasteiger partial charge in [-0.05, 0) is 18.4 Å². The highest BCUT2D eigenvalue weighted by molar-refractivity contribution is 7.09. The molecule has 106 valence electrons. The molecule has 0 saturated carbocycles. The van der Waals surface area contributed by atoms with Crippen LogP contribution in [0.15, 0.2) is 17.0 Å². The van der Waals surface area contributed by atoms with Crippen LogP contribution >= 0.6 is 11.3 Å². The Morgan fingerprint density at radius 3 is 2.79 bits per heavy atom. The summed E-state index contributed by atoms with van der Waals surface area (Å²) in [5, 5.41) is 3.34. The number of nitrogens with zero attached hydrogens (tertiary/aromatic N) is 2. The molecule has 1 aliphatic rings. The van der Waals surface area contributed by atoms with Gasteiger partial charge in [0.1, 0.15) is 0 Å². The fraction of sp³-hybridized carbons (Fsp3) is 0.667. The lowest BCUT2D eigenvalue weighted by Gasteiger charge is -2.31. The van der Waals surface area contributed by atoms with Crippen LogP contribution in [0.25, 0.3) is 0 Å². The van der Waals surface area contributed by atoms with Crippen molar-refractivity contribution in [1.82, 2.24) is 9.88 Å². The second-order valence-electron chi connectivity index (χ2n) is 6.24. The maximum absolute atomic E-state index is 5.56.